The summed E-state index contributed by atoms with van der Waals surface area (Å²) in [5, 5.41) is 3.43. The summed E-state index contributed by atoms with van der Waals surface area (Å²) in [6, 6.07) is 6.17. The summed E-state index contributed by atoms with van der Waals surface area (Å²) >= 11 is 2.05. The van der Waals surface area contributed by atoms with Gasteiger partial charge in [-0.05, 0) is 24.6 Å². The van der Waals surface area contributed by atoms with Crippen LogP contribution >= 0.6 is 11.8 Å². The van der Waals surface area contributed by atoms with Crippen molar-refractivity contribution in [3.8, 4) is 0 Å². The van der Waals surface area contributed by atoms with Crippen molar-refractivity contribution in [2.75, 3.05) is 48.7 Å². The van der Waals surface area contributed by atoms with Crippen LogP contribution in [-0.4, -0.2) is 42.6 Å². The molecule has 0 radical (unpaired) electrons. The molecule has 0 atom stereocenters. The standard InChI is InChI=1S/C13H21N3S/c1-11-2-3-12(10-13(11)14)15-4-5-16-6-8-17-9-7-16/h2-3,10,15H,4-9,14H2,1H3. The van der Waals surface area contributed by atoms with E-state index in [2.05, 4.69) is 34.1 Å². The van der Waals surface area contributed by atoms with Crippen molar-refractivity contribution in [3.63, 3.8) is 0 Å². The van der Waals surface area contributed by atoms with Gasteiger partial charge in [0.05, 0.1) is 0 Å². The zero-order valence-electron chi connectivity index (χ0n) is 10.4. The molecular formula is C13H21N3S. The number of nitrogens with one attached hydrogen (secondary N) is 1. The van der Waals surface area contributed by atoms with Gasteiger partial charge in [0, 0.05) is 49.1 Å². The average Bonchev–Trinajstić information content (AvgIpc) is 2.35. The smallest absolute Gasteiger partial charge is 0.0364 e. The fourth-order valence-corrected chi connectivity index (χ4v) is 2.91. The molecule has 1 heterocycles. The Balaban J connectivity index is 1.75. The Kier molecular flexibility index (Phi) is 4.57. The molecule has 1 saturated heterocycles. The van der Waals surface area contributed by atoms with Crippen LogP contribution in [0.1, 0.15) is 5.56 Å². The van der Waals surface area contributed by atoms with Crippen LogP contribution in [0.15, 0.2) is 18.2 Å². The number of nitrogens with zero attached hydrogens (tertiary/aromatic N) is 1. The van der Waals surface area contributed by atoms with Gasteiger partial charge < -0.3 is 11.1 Å². The highest BCUT2D eigenvalue weighted by atomic mass is 32.2. The van der Waals surface area contributed by atoms with Crippen LogP contribution < -0.4 is 11.1 Å². The fraction of sp³-hybridized carbons (Fsp3) is 0.538. The van der Waals surface area contributed by atoms with E-state index >= 15 is 0 Å². The SMILES string of the molecule is Cc1ccc(NCCN2CCSCC2)cc1N. The lowest BCUT2D eigenvalue weighted by molar-refractivity contribution is 0.314. The lowest BCUT2D eigenvalue weighted by Crippen LogP contribution is -2.36. The Bertz CT molecular complexity index is 362. The van der Waals surface area contributed by atoms with Crippen molar-refractivity contribution in [2.24, 2.45) is 0 Å². The zero-order chi connectivity index (χ0) is 12.1. The molecule has 0 bridgehead atoms. The topological polar surface area (TPSA) is 41.3 Å². The predicted molar refractivity (Wildman–Crippen MR) is 77.8 cm³/mol. The molecule has 2 rings (SSSR count). The summed E-state index contributed by atoms with van der Waals surface area (Å²) in [6.07, 6.45) is 0. The van der Waals surface area contributed by atoms with Crippen molar-refractivity contribution < 1.29 is 0 Å². The van der Waals surface area contributed by atoms with E-state index in [1.54, 1.807) is 0 Å². The quantitative estimate of drug-likeness (QED) is 0.804. The zero-order valence-corrected chi connectivity index (χ0v) is 11.2. The lowest BCUT2D eigenvalue weighted by Gasteiger charge is -2.26. The van der Waals surface area contributed by atoms with Crippen molar-refractivity contribution in [3.05, 3.63) is 23.8 Å². The minimum absolute atomic E-state index is 0.865. The van der Waals surface area contributed by atoms with Gasteiger partial charge in [-0.2, -0.15) is 11.8 Å². The van der Waals surface area contributed by atoms with Gasteiger partial charge in [-0.1, -0.05) is 6.07 Å². The van der Waals surface area contributed by atoms with Crippen LogP contribution in [0.3, 0.4) is 0 Å². The Labute approximate surface area is 108 Å². The fourth-order valence-electron chi connectivity index (χ4n) is 1.93. The molecule has 4 heteroatoms. The number of thioether (sulfide) groups is 1. The van der Waals surface area contributed by atoms with E-state index in [9.17, 15) is 0 Å². The molecule has 0 spiro atoms. The second-order valence-electron chi connectivity index (χ2n) is 4.45. The normalized spacial score (nSPS) is 17.0. The van der Waals surface area contributed by atoms with Gasteiger partial charge in [0.25, 0.3) is 0 Å². The molecule has 3 nitrogen and oxygen atoms in total. The number of aryl methyl sites for hydroxylation is 1. The first-order valence-corrected chi connectivity index (χ1v) is 7.31. The highest BCUT2D eigenvalue weighted by Gasteiger charge is 2.09. The van der Waals surface area contributed by atoms with Crippen molar-refractivity contribution in [1.29, 1.82) is 0 Å². The Morgan fingerprint density at radius 2 is 2.12 bits per heavy atom. The highest BCUT2D eigenvalue weighted by Crippen LogP contribution is 2.16. The average molecular weight is 251 g/mol. The van der Waals surface area contributed by atoms with E-state index in [1.807, 2.05) is 13.0 Å². The maximum absolute atomic E-state index is 5.88. The van der Waals surface area contributed by atoms with Crippen molar-refractivity contribution >= 4 is 23.1 Å². The molecule has 0 amide bonds. The first-order chi connectivity index (χ1) is 8.25. The summed E-state index contributed by atoms with van der Waals surface area (Å²) in [5.41, 5.74) is 9.01. The number of nitrogen functional groups attached to an aromatic ring is 1. The van der Waals surface area contributed by atoms with Crippen LogP contribution in [0.5, 0.6) is 0 Å². The van der Waals surface area contributed by atoms with Crippen LogP contribution in [0.25, 0.3) is 0 Å². The first kappa shape index (κ1) is 12.6. The van der Waals surface area contributed by atoms with E-state index in [0.29, 0.717) is 0 Å². The van der Waals surface area contributed by atoms with Gasteiger partial charge in [0.15, 0.2) is 0 Å². The number of hydrogen-bond acceptors (Lipinski definition) is 4. The van der Waals surface area contributed by atoms with Crippen molar-refractivity contribution in [1.82, 2.24) is 4.90 Å². The highest BCUT2D eigenvalue weighted by molar-refractivity contribution is 7.99. The maximum Gasteiger partial charge on any atom is 0.0364 e. The van der Waals surface area contributed by atoms with Gasteiger partial charge in [-0.3, -0.25) is 4.90 Å². The molecule has 0 unspecified atom stereocenters. The molecule has 0 aromatic heterocycles. The van der Waals surface area contributed by atoms with Gasteiger partial charge >= 0.3 is 0 Å². The Morgan fingerprint density at radius 3 is 2.82 bits per heavy atom. The molecule has 3 N–H and O–H groups in total. The predicted octanol–water partition coefficient (Wildman–Crippen LogP) is 2.04. The monoisotopic (exact) mass is 251 g/mol. The van der Waals surface area contributed by atoms with E-state index in [1.165, 1.54) is 24.6 Å². The summed E-state index contributed by atoms with van der Waals surface area (Å²) in [5.74, 6) is 2.55. The first-order valence-electron chi connectivity index (χ1n) is 6.16. The third-order valence-corrected chi connectivity index (χ3v) is 4.08. The number of rotatable bonds is 4. The van der Waals surface area contributed by atoms with Crippen LogP contribution in [0.4, 0.5) is 11.4 Å². The lowest BCUT2D eigenvalue weighted by atomic mass is 10.2. The largest absolute Gasteiger partial charge is 0.398 e. The third-order valence-electron chi connectivity index (χ3n) is 3.14. The van der Waals surface area contributed by atoms with Gasteiger partial charge in [-0.25, -0.2) is 0 Å². The summed E-state index contributed by atoms with van der Waals surface area (Å²) in [7, 11) is 0. The van der Waals surface area contributed by atoms with Crippen molar-refractivity contribution in [2.45, 2.75) is 6.92 Å². The Morgan fingerprint density at radius 1 is 1.35 bits per heavy atom. The molecule has 1 aromatic carbocycles. The molecule has 1 aliphatic heterocycles. The number of benzene rings is 1. The molecule has 1 aromatic rings. The summed E-state index contributed by atoms with van der Waals surface area (Å²) < 4.78 is 0. The molecule has 94 valence electrons. The molecule has 0 saturated carbocycles. The van der Waals surface area contributed by atoms with E-state index in [0.717, 1.165) is 30.0 Å². The van der Waals surface area contributed by atoms with E-state index in [-0.39, 0.29) is 0 Å². The molecule has 17 heavy (non-hydrogen) atoms. The molecule has 1 aliphatic rings. The van der Waals surface area contributed by atoms with Gasteiger partial charge in [-0.15, -0.1) is 0 Å². The Hall–Kier alpha value is -0.870. The van der Waals surface area contributed by atoms with Gasteiger partial charge in [0.1, 0.15) is 0 Å². The second-order valence-corrected chi connectivity index (χ2v) is 5.68. The van der Waals surface area contributed by atoms with Crippen LogP contribution in [0.2, 0.25) is 0 Å². The van der Waals surface area contributed by atoms with Crippen LogP contribution in [-0.2, 0) is 0 Å². The maximum atomic E-state index is 5.88. The summed E-state index contributed by atoms with van der Waals surface area (Å²) in [4.78, 5) is 2.51. The molecular weight excluding hydrogens is 230 g/mol. The number of anilines is 2. The number of hydrogen-bond donors (Lipinski definition) is 2. The third kappa shape index (κ3) is 3.82. The van der Waals surface area contributed by atoms with E-state index < -0.39 is 0 Å². The minimum Gasteiger partial charge on any atom is -0.398 e. The molecule has 1 fully saturated rings. The number of nitrogens with two attached hydrogens (primary N) is 1. The summed E-state index contributed by atoms with van der Waals surface area (Å²) in [6.45, 7) is 6.59. The second kappa shape index (κ2) is 6.17. The van der Waals surface area contributed by atoms with Gasteiger partial charge in [0.2, 0.25) is 0 Å². The van der Waals surface area contributed by atoms with E-state index in [4.69, 9.17) is 5.73 Å². The molecule has 0 aliphatic carbocycles. The minimum atomic E-state index is 0.865. The van der Waals surface area contributed by atoms with Crippen LogP contribution in [0, 0.1) is 6.92 Å².